The standard InChI is InChI=1S/C16H20N2O2/c1-18(11-13-7-9-17-10-8-13)16(12-19)14-3-5-15(20-2)6-4-14/h3-10,16,19H,11-12H2,1-2H3. The first kappa shape index (κ1) is 14.5. The van der Waals surface area contributed by atoms with Gasteiger partial charge in [-0.05, 0) is 42.4 Å². The summed E-state index contributed by atoms with van der Waals surface area (Å²) < 4.78 is 5.16. The van der Waals surface area contributed by atoms with E-state index >= 15 is 0 Å². The zero-order valence-corrected chi connectivity index (χ0v) is 11.9. The van der Waals surface area contributed by atoms with Crippen molar-refractivity contribution in [2.45, 2.75) is 12.6 Å². The van der Waals surface area contributed by atoms with Gasteiger partial charge in [0.2, 0.25) is 0 Å². The maximum atomic E-state index is 9.67. The summed E-state index contributed by atoms with van der Waals surface area (Å²) in [6, 6.07) is 11.7. The summed E-state index contributed by atoms with van der Waals surface area (Å²) >= 11 is 0. The van der Waals surface area contributed by atoms with E-state index in [0.29, 0.717) is 0 Å². The molecule has 0 saturated carbocycles. The minimum Gasteiger partial charge on any atom is -0.497 e. The Kier molecular flexibility index (Phi) is 5.09. The molecule has 1 atom stereocenters. The minimum atomic E-state index is -0.0333. The maximum absolute atomic E-state index is 9.67. The number of ether oxygens (including phenoxy) is 1. The van der Waals surface area contributed by atoms with E-state index in [-0.39, 0.29) is 12.6 Å². The quantitative estimate of drug-likeness (QED) is 0.876. The van der Waals surface area contributed by atoms with Gasteiger partial charge in [-0.25, -0.2) is 0 Å². The first-order valence-corrected chi connectivity index (χ1v) is 6.58. The zero-order chi connectivity index (χ0) is 14.4. The third-order valence-electron chi connectivity index (χ3n) is 3.39. The van der Waals surface area contributed by atoms with Crippen LogP contribution < -0.4 is 4.74 Å². The first-order valence-electron chi connectivity index (χ1n) is 6.58. The second-order valence-corrected chi connectivity index (χ2v) is 4.74. The molecule has 0 aliphatic heterocycles. The molecule has 2 rings (SSSR count). The molecular weight excluding hydrogens is 252 g/mol. The number of rotatable bonds is 6. The average molecular weight is 272 g/mol. The number of aromatic nitrogens is 1. The highest BCUT2D eigenvalue weighted by Gasteiger charge is 2.16. The molecule has 1 N–H and O–H groups in total. The molecule has 20 heavy (non-hydrogen) atoms. The van der Waals surface area contributed by atoms with Crippen LogP contribution in [0.3, 0.4) is 0 Å². The molecule has 4 heteroatoms. The SMILES string of the molecule is COc1ccc(C(CO)N(C)Cc2ccncc2)cc1. The highest BCUT2D eigenvalue weighted by molar-refractivity contribution is 5.29. The Morgan fingerprint density at radius 1 is 1.15 bits per heavy atom. The molecule has 0 spiro atoms. The van der Waals surface area contributed by atoms with Gasteiger partial charge in [-0.15, -0.1) is 0 Å². The van der Waals surface area contributed by atoms with Gasteiger partial charge < -0.3 is 9.84 Å². The fraction of sp³-hybridized carbons (Fsp3) is 0.312. The molecule has 0 saturated heterocycles. The van der Waals surface area contributed by atoms with Crippen molar-refractivity contribution in [3.63, 3.8) is 0 Å². The number of hydrogen-bond acceptors (Lipinski definition) is 4. The van der Waals surface area contributed by atoms with E-state index in [4.69, 9.17) is 4.74 Å². The summed E-state index contributed by atoms with van der Waals surface area (Å²) in [5.74, 6) is 0.822. The highest BCUT2D eigenvalue weighted by atomic mass is 16.5. The third kappa shape index (κ3) is 3.56. The second-order valence-electron chi connectivity index (χ2n) is 4.74. The van der Waals surface area contributed by atoms with E-state index in [0.717, 1.165) is 17.9 Å². The van der Waals surface area contributed by atoms with Crippen LogP contribution in [0.2, 0.25) is 0 Å². The van der Waals surface area contributed by atoms with E-state index in [1.165, 1.54) is 5.56 Å². The summed E-state index contributed by atoms with van der Waals surface area (Å²) in [7, 11) is 3.65. The average Bonchev–Trinajstić information content (AvgIpc) is 2.49. The molecule has 4 nitrogen and oxygen atoms in total. The maximum Gasteiger partial charge on any atom is 0.118 e. The highest BCUT2D eigenvalue weighted by Crippen LogP contribution is 2.23. The van der Waals surface area contributed by atoms with Crippen LogP contribution in [0.25, 0.3) is 0 Å². The Morgan fingerprint density at radius 3 is 2.35 bits per heavy atom. The fourth-order valence-electron chi connectivity index (χ4n) is 2.21. The Bertz CT molecular complexity index is 514. The van der Waals surface area contributed by atoms with Crippen molar-refractivity contribution in [2.24, 2.45) is 0 Å². The third-order valence-corrected chi connectivity index (χ3v) is 3.39. The van der Waals surface area contributed by atoms with Crippen LogP contribution in [0.1, 0.15) is 17.2 Å². The lowest BCUT2D eigenvalue weighted by molar-refractivity contribution is 0.142. The van der Waals surface area contributed by atoms with Crippen LogP contribution in [-0.4, -0.2) is 35.8 Å². The molecule has 0 radical (unpaired) electrons. The van der Waals surface area contributed by atoms with Gasteiger partial charge >= 0.3 is 0 Å². The molecule has 1 heterocycles. The summed E-state index contributed by atoms with van der Waals surface area (Å²) in [5, 5.41) is 9.67. The van der Waals surface area contributed by atoms with E-state index in [9.17, 15) is 5.11 Å². The van der Waals surface area contributed by atoms with Gasteiger partial charge in [0, 0.05) is 18.9 Å². The molecule has 2 aromatic rings. The largest absolute Gasteiger partial charge is 0.497 e. The molecule has 106 valence electrons. The summed E-state index contributed by atoms with van der Waals surface area (Å²) in [5.41, 5.74) is 2.25. The number of pyridine rings is 1. The van der Waals surface area contributed by atoms with Gasteiger partial charge in [0.05, 0.1) is 19.8 Å². The van der Waals surface area contributed by atoms with Gasteiger partial charge in [-0.2, -0.15) is 0 Å². The van der Waals surface area contributed by atoms with Gasteiger partial charge in [-0.1, -0.05) is 12.1 Å². The summed E-state index contributed by atoms with van der Waals surface area (Å²) in [4.78, 5) is 6.14. The molecule has 1 unspecified atom stereocenters. The van der Waals surface area contributed by atoms with Crippen LogP contribution >= 0.6 is 0 Å². The van der Waals surface area contributed by atoms with E-state index in [2.05, 4.69) is 9.88 Å². The number of aliphatic hydroxyl groups is 1. The number of likely N-dealkylation sites (N-methyl/N-ethyl adjacent to an activating group) is 1. The number of nitrogens with zero attached hydrogens (tertiary/aromatic N) is 2. The molecule has 0 aliphatic rings. The molecule has 0 bridgehead atoms. The second kappa shape index (κ2) is 7.03. The Labute approximate surface area is 119 Å². The van der Waals surface area contributed by atoms with Gasteiger partial charge in [0.15, 0.2) is 0 Å². The normalized spacial score (nSPS) is 12.4. The molecule has 0 aliphatic carbocycles. The monoisotopic (exact) mass is 272 g/mol. The van der Waals surface area contributed by atoms with Crippen LogP contribution in [0.15, 0.2) is 48.8 Å². The van der Waals surface area contributed by atoms with Crippen LogP contribution in [0, 0.1) is 0 Å². The van der Waals surface area contributed by atoms with Crippen molar-refractivity contribution in [1.82, 2.24) is 9.88 Å². The van der Waals surface area contributed by atoms with Crippen molar-refractivity contribution in [1.29, 1.82) is 0 Å². The van der Waals surface area contributed by atoms with Crippen molar-refractivity contribution in [3.8, 4) is 5.75 Å². The van der Waals surface area contributed by atoms with Gasteiger partial charge in [0.1, 0.15) is 5.75 Å². The van der Waals surface area contributed by atoms with E-state index < -0.39 is 0 Å². The number of aliphatic hydroxyl groups excluding tert-OH is 1. The lowest BCUT2D eigenvalue weighted by atomic mass is 10.1. The lowest BCUT2D eigenvalue weighted by Crippen LogP contribution is -2.26. The van der Waals surface area contributed by atoms with Gasteiger partial charge in [0.25, 0.3) is 0 Å². The molecule has 1 aromatic carbocycles. The van der Waals surface area contributed by atoms with Crippen LogP contribution in [0.4, 0.5) is 0 Å². The van der Waals surface area contributed by atoms with Gasteiger partial charge in [-0.3, -0.25) is 9.88 Å². The topological polar surface area (TPSA) is 45.6 Å². The predicted molar refractivity (Wildman–Crippen MR) is 78.5 cm³/mol. The number of hydrogen-bond donors (Lipinski definition) is 1. The summed E-state index contributed by atoms with van der Waals surface area (Å²) in [6.07, 6.45) is 3.56. The van der Waals surface area contributed by atoms with E-state index in [1.807, 2.05) is 43.4 Å². The predicted octanol–water partition coefficient (Wildman–Crippen LogP) is 2.26. The smallest absolute Gasteiger partial charge is 0.118 e. The molecule has 1 aromatic heterocycles. The Morgan fingerprint density at radius 2 is 1.80 bits per heavy atom. The van der Waals surface area contributed by atoms with E-state index in [1.54, 1.807) is 19.5 Å². The molecule has 0 fully saturated rings. The van der Waals surface area contributed by atoms with Crippen LogP contribution in [-0.2, 0) is 6.54 Å². The number of benzene rings is 1. The Balaban J connectivity index is 2.10. The molecule has 0 amide bonds. The van der Waals surface area contributed by atoms with Crippen molar-refractivity contribution in [3.05, 3.63) is 59.9 Å². The van der Waals surface area contributed by atoms with Crippen molar-refractivity contribution >= 4 is 0 Å². The Hall–Kier alpha value is -1.91. The van der Waals surface area contributed by atoms with Crippen molar-refractivity contribution < 1.29 is 9.84 Å². The first-order chi connectivity index (χ1) is 9.74. The lowest BCUT2D eigenvalue weighted by Gasteiger charge is -2.27. The summed E-state index contributed by atoms with van der Waals surface area (Å²) in [6.45, 7) is 0.841. The number of methoxy groups -OCH3 is 1. The fourth-order valence-corrected chi connectivity index (χ4v) is 2.21. The van der Waals surface area contributed by atoms with Crippen molar-refractivity contribution in [2.75, 3.05) is 20.8 Å². The minimum absolute atomic E-state index is 0.0333. The molecular formula is C16H20N2O2. The van der Waals surface area contributed by atoms with Crippen LogP contribution in [0.5, 0.6) is 5.75 Å². The zero-order valence-electron chi connectivity index (χ0n) is 11.9.